The molecule has 0 radical (unpaired) electrons. The lowest BCUT2D eigenvalue weighted by molar-refractivity contribution is -0.732. The molecule has 74 valence electrons. The number of quaternary nitrogens is 1. The molecule has 0 bridgehead atoms. The Morgan fingerprint density at radius 2 is 2.29 bits per heavy atom. The first kappa shape index (κ1) is 9.34. The molecular weight excluding hydrogens is 179 g/mol. The maximum atomic E-state index is 12.7. The van der Waals surface area contributed by atoms with E-state index in [4.69, 9.17) is 0 Å². The molecule has 1 aliphatic carbocycles. The molecular formula is C11H14FN2+. The topological polar surface area (TPSA) is 12.4 Å². The minimum absolute atomic E-state index is 0.141. The minimum Gasteiger partial charge on any atom is -0.258 e. The summed E-state index contributed by atoms with van der Waals surface area (Å²) in [6.45, 7) is 0. The second kappa shape index (κ2) is 3.17. The first-order valence-corrected chi connectivity index (χ1v) is 4.72. The number of aliphatic imine (C=N–C) groups is 1. The van der Waals surface area contributed by atoms with E-state index < -0.39 is 0 Å². The zero-order valence-corrected chi connectivity index (χ0v) is 8.44. The summed E-state index contributed by atoms with van der Waals surface area (Å²) in [5, 5.41) is 0. The van der Waals surface area contributed by atoms with E-state index in [1.54, 1.807) is 6.08 Å². The Morgan fingerprint density at radius 3 is 2.79 bits per heavy atom. The highest BCUT2D eigenvalue weighted by Crippen LogP contribution is 2.27. The van der Waals surface area contributed by atoms with E-state index in [-0.39, 0.29) is 11.7 Å². The van der Waals surface area contributed by atoms with Crippen molar-refractivity contribution in [2.75, 3.05) is 14.1 Å². The van der Waals surface area contributed by atoms with E-state index in [0.29, 0.717) is 10.9 Å². The van der Waals surface area contributed by atoms with Crippen LogP contribution < -0.4 is 0 Å². The van der Waals surface area contributed by atoms with E-state index in [9.17, 15) is 4.39 Å². The van der Waals surface area contributed by atoms with Crippen molar-refractivity contribution in [3.8, 4) is 0 Å². The van der Waals surface area contributed by atoms with Gasteiger partial charge in [0.25, 0.3) is 0 Å². The first-order valence-electron chi connectivity index (χ1n) is 4.72. The van der Waals surface area contributed by atoms with Gasteiger partial charge in [-0.15, -0.1) is 0 Å². The molecule has 1 unspecified atom stereocenters. The SMILES string of the molecule is C[N+]1(C)C=NC(C2C=CC(F)=CC2)=C1. The second-order valence-electron chi connectivity index (χ2n) is 4.22. The molecule has 2 aliphatic rings. The highest BCUT2D eigenvalue weighted by atomic mass is 19.1. The average molecular weight is 193 g/mol. The van der Waals surface area contributed by atoms with Crippen molar-refractivity contribution in [3.05, 3.63) is 36.0 Å². The van der Waals surface area contributed by atoms with Crippen LogP contribution in [0.1, 0.15) is 6.42 Å². The molecule has 0 fully saturated rings. The number of allylic oxidation sites excluding steroid dienone is 4. The molecule has 2 rings (SSSR count). The van der Waals surface area contributed by atoms with E-state index in [0.717, 1.165) is 5.70 Å². The van der Waals surface area contributed by atoms with Crippen LogP contribution in [0.4, 0.5) is 4.39 Å². The Bertz CT molecular complexity index is 361. The third kappa shape index (κ3) is 1.82. The van der Waals surface area contributed by atoms with Gasteiger partial charge in [0.15, 0.2) is 6.34 Å². The molecule has 0 aromatic heterocycles. The normalized spacial score (nSPS) is 28.9. The fraction of sp³-hybridized carbons (Fsp3) is 0.364. The van der Waals surface area contributed by atoms with Gasteiger partial charge >= 0.3 is 0 Å². The molecule has 0 N–H and O–H groups in total. The summed E-state index contributed by atoms with van der Waals surface area (Å²) in [5.74, 6) is 0.100. The molecule has 1 heterocycles. The second-order valence-corrected chi connectivity index (χ2v) is 4.22. The lowest BCUT2D eigenvalue weighted by Crippen LogP contribution is -2.28. The predicted octanol–water partition coefficient (Wildman–Crippen LogP) is 2.38. The molecule has 1 aliphatic heterocycles. The molecule has 2 nitrogen and oxygen atoms in total. The quantitative estimate of drug-likeness (QED) is 0.567. The van der Waals surface area contributed by atoms with Crippen molar-refractivity contribution in [1.29, 1.82) is 0 Å². The van der Waals surface area contributed by atoms with Gasteiger partial charge in [-0.1, -0.05) is 6.08 Å². The van der Waals surface area contributed by atoms with Gasteiger partial charge in [-0.25, -0.2) is 9.38 Å². The molecule has 0 saturated heterocycles. The molecule has 0 spiro atoms. The fourth-order valence-electron chi connectivity index (χ4n) is 1.63. The summed E-state index contributed by atoms with van der Waals surface area (Å²) in [6, 6.07) is 0. The van der Waals surface area contributed by atoms with Crippen LogP contribution in [0.5, 0.6) is 0 Å². The molecule has 0 aromatic rings. The van der Waals surface area contributed by atoms with Crippen molar-refractivity contribution in [2.45, 2.75) is 6.42 Å². The van der Waals surface area contributed by atoms with E-state index in [2.05, 4.69) is 25.3 Å². The number of nitrogens with zero attached hydrogens (tertiary/aromatic N) is 2. The lowest BCUT2D eigenvalue weighted by Gasteiger charge is -2.14. The van der Waals surface area contributed by atoms with Gasteiger partial charge in [0.1, 0.15) is 17.7 Å². The van der Waals surface area contributed by atoms with Crippen LogP contribution in [0.15, 0.2) is 40.9 Å². The molecule has 0 aromatic carbocycles. The monoisotopic (exact) mass is 193 g/mol. The van der Waals surface area contributed by atoms with Crippen molar-refractivity contribution >= 4 is 6.34 Å². The van der Waals surface area contributed by atoms with Gasteiger partial charge in [0.2, 0.25) is 0 Å². The molecule has 1 atom stereocenters. The third-order valence-electron chi connectivity index (χ3n) is 2.40. The molecule has 0 amide bonds. The van der Waals surface area contributed by atoms with Crippen molar-refractivity contribution in [3.63, 3.8) is 0 Å². The van der Waals surface area contributed by atoms with Gasteiger partial charge in [-0.05, 0) is 18.6 Å². The van der Waals surface area contributed by atoms with Gasteiger partial charge in [-0.3, -0.25) is 4.48 Å². The Balaban J connectivity index is 2.14. The standard InChI is InChI=1S/C11H14FN2/c1-14(2)7-11(13-8-14)9-3-5-10(12)6-4-9/h3,5-9H,4H2,1-2H3/q+1. The van der Waals surface area contributed by atoms with E-state index >= 15 is 0 Å². The smallest absolute Gasteiger partial charge is 0.194 e. The Labute approximate surface area is 83.3 Å². The van der Waals surface area contributed by atoms with Crippen LogP contribution in [0.2, 0.25) is 0 Å². The Kier molecular flexibility index (Phi) is 2.11. The molecule has 14 heavy (non-hydrogen) atoms. The first-order chi connectivity index (χ1) is 6.57. The largest absolute Gasteiger partial charge is 0.258 e. The van der Waals surface area contributed by atoms with Gasteiger partial charge in [-0.2, -0.15) is 0 Å². The Morgan fingerprint density at radius 1 is 1.50 bits per heavy atom. The van der Waals surface area contributed by atoms with Crippen LogP contribution in [0, 0.1) is 5.92 Å². The third-order valence-corrected chi connectivity index (χ3v) is 2.40. The number of hydrogen-bond donors (Lipinski definition) is 0. The molecule has 3 heteroatoms. The van der Waals surface area contributed by atoms with Crippen LogP contribution in [-0.2, 0) is 0 Å². The maximum Gasteiger partial charge on any atom is 0.194 e. The van der Waals surface area contributed by atoms with Gasteiger partial charge < -0.3 is 0 Å². The van der Waals surface area contributed by atoms with Crippen molar-refractivity contribution in [1.82, 2.24) is 0 Å². The predicted molar refractivity (Wildman–Crippen MR) is 55.1 cm³/mol. The van der Waals surface area contributed by atoms with E-state index in [1.807, 2.05) is 12.4 Å². The number of rotatable bonds is 1. The van der Waals surface area contributed by atoms with Gasteiger partial charge in [0.05, 0.1) is 14.1 Å². The summed E-state index contributed by atoms with van der Waals surface area (Å²) in [5.41, 5.74) is 1.04. The zero-order valence-electron chi connectivity index (χ0n) is 8.44. The van der Waals surface area contributed by atoms with Crippen molar-refractivity contribution in [2.24, 2.45) is 10.9 Å². The number of halogens is 1. The van der Waals surface area contributed by atoms with Gasteiger partial charge in [0, 0.05) is 5.92 Å². The summed E-state index contributed by atoms with van der Waals surface area (Å²) < 4.78 is 13.4. The zero-order chi connectivity index (χ0) is 10.2. The van der Waals surface area contributed by atoms with Crippen molar-refractivity contribution < 1.29 is 8.87 Å². The highest BCUT2D eigenvalue weighted by molar-refractivity contribution is 5.53. The number of hydrogen-bond acceptors (Lipinski definition) is 1. The summed E-state index contributed by atoms with van der Waals surface area (Å²) >= 11 is 0. The van der Waals surface area contributed by atoms with Crippen LogP contribution in [0.25, 0.3) is 0 Å². The van der Waals surface area contributed by atoms with Crippen LogP contribution in [-0.4, -0.2) is 24.9 Å². The summed E-state index contributed by atoms with van der Waals surface area (Å²) in [7, 11) is 4.11. The highest BCUT2D eigenvalue weighted by Gasteiger charge is 2.23. The van der Waals surface area contributed by atoms with Crippen LogP contribution >= 0.6 is 0 Å². The lowest BCUT2D eigenvalue weighted by atomic mass is 9.97. The fourth-order valence-corrected chi connectivity index (χ4v) is 1.63. The minimum atomic E-state index is -0.141. The molecule has 0 saturated carbocycles. The Hall–Kier alpha value is -1.22. The summed E-state index contributed by atoms with van der Waals surface area (Å²) in [6.07, 6.45) is 9.70. The summed E-state index contributed by atoms with van der Waals surface area (Å²) in [4.78, 5) is 4.34. The van der Waals surface area contributed by atoms with Crippen LogP contribution in [0.3, 0.4) is 0 Å². The average Bonchev–Trinajstić information content (AvgIpc) is 2.47. The van der Waals surface area contributed by atoms with E-state index in [1.165, 1.54) is 6.08 Å². The maximum absolute atomic E-state index is 12.7.